The van der Waals surface area contributed by atoms with Gasteiger partial charge in [0.1, 0.15) is 57.5 Å². The van der Waals surface area contributed by atoms with Gasteiger partial charge in [0, 0.05) is 0 Å². The maximum Gasteiger partial charge on any atom is 0.309 e. The van der Waals surface area contributed by atoms with Crippen LogP contribution < -0.4 is 24.4 Å². The first-order valence-electron chi connectivity index (χ1n) is 26.6. The lowest BCUT2D eigenvalue weighted by atomic mass is 10.0. The molecule has 0 fully saturated rings. The van der Waals surface area contributed by atoms with Crippen LogP contribution in [0.4, 0.5) is 0 Å². The SMILES string of the molecule is COC(=O)Cc1cc(C)c(Oc2ccc(C)cc2)c(C)c1.COC(=O)Cc1cc(C)c(Oc2ccc(O)cc2)c(C)c1.Cc1cc(CC(=O)O)cc(C)c1Oc1ccc(O)cc1.Cc1ccc(Oc2c(C)cc(CC(=O)NO)cc2C)cc1. The predicted octanol–water partition coefficient (Wildman–Crippen LogP) is 14.5. The number of hydroxylamine groups is 1. The van der Waals surface area contributed by atoms with Crippen LogP contribution in [0.25, 0.3) is 0 Å². The fourth-order valence-corrected chi connectivity index (χ4v) is 8.80. The monoisotopic (exact) mass is 1130 g/mol. The fourth-order valence-electron chi connectivity index (χ4n) is 8.80. The minimum absolute atomic E-state index is 0.00116. The number of benzene rings is 8. The number of ether oxygens (including phenoxy) is 6. The summed E-state index contributed by atoms with van der Waals surface area (Å²) < 4.78 is 32.9. The highest BCUT2D eigenvalue weighted by Gasteiger charge is 2.15. The van der Waals surface area contributed by atoms with Gasteiger partial charge in [-0.25, -0.2) is 5.48 Å². The van der Waals surface area contributed by atoms with E-state index in [-0.39, 0.29) is 49.1 Å². The summed E-state index contributed by atoms with van der Waals surface area (Å²) in [6.07, 6.45) is 0.671. The van der Waals surface area contributed by atoms with E-state index in [9.17, 15) is 29.4 Å². The van der Waals surface area contributed by atoms with E-state index in [1.165, 1.54) is 25.3 Å². The summed E-state index contributed by atoms with van der Waals surface area (Å²) in [5, 5.41) is 35.9. The lowest BCUT2D eigenvalue weighted by Gasteiger charge is -2.14. The van der Waals surface area contributed by atoms with Crippen LogP contribution in [-0.2, 0) is 54.3 Å². The second-order valence-corrected chi connectivity index (χ2v) is 20.0. The molecule has 1 amide bonds. The molecule has 0 unspecified atom stereocenters. The second kappa shape index (κ2) is 30.8. The van der Waals surface area contributed by atoms with Crippen molar-refractivity contribution in [2.75, 3.05) is 14.2 Å². The zero-order valence-electron chi connectivity index (χ0n) is 49.1. The number of aliphatic carboxylic acids is 1. The lowest BCUT2D eigenvalue weighted by Crippen LogP contribution is -2.20. The lowest BCUT2D eigenvalue weighted by molar-refractivity contribution is -0.140. The number of aryl methyl sites for hydroxylation is 10. The van der Waals surface area contributed by atoms with Gasteiger partial charge in [0.2, 0.25) is 5.91 Å². The molecule has 0 bridgehead atoms. The highest BCUT2D eigenvalue weighted by molar-refractivity contribution is 5.77. The predicted molar refractivity (Wildman–Crippen MR) is 319 cm³/mol. The number of rotatable bonds is 16. The third-order valence-electron chi connectivity index (χ3n) is 12.7. The van der Waals surface area contributed by atoms with Gasteiger partial charge in [0.25, 0.3) is 0 Å². The summed E-state index contributed by atoms with van der Waals surface area (Å²) in [6, 6.07) is 44.0. The van der Waals surface area contributed by atoms with Crippen molar-refractivity contribution in [2.24, 2.45) is 0 Å². The van der Waals surface area contributed by atoms with Gasteiger partial charge in [-0.15, -0.1) is 0 Å². The zero-order valence-corrected chi connectivity index (χ0v) is 49.1. The molecule has 0 saturated heterocycles. The molecular weight excluding hydrogens is 1050 g/mol. The van der Waals surface area contributed by atoms with Gasteiger partial charge in [0.15, 0.2) is 0 Å². The normalized spacial score (nSPS) is 10.3. The van der Waals surface area contributed by atoms with Gasteiger partial charge in [-0.3, -0.25) is 24.4 Å². The number of aromatic hydroxyl groups is 2. The number of carboxylic acid groups (broad SMARTS) is 1. The average Bonchev–Trinajstić information content (AvgIpc) is 3.55. The van der Waals surface area contributed by atoms with Gasteiger partial charge in [-0.05, 0) is 209 Å². The van der Waals surface area contributed by atoms with Crippen LogP contribution in [0, 0.1) is 69.2 Å². The Kier molecular flexibility index (Phi) is 23.9. The molecule has 5 N–H and O–H groups in total. The third kappa shape index (κ3) is 20.5. The largest absolute Gasteiger partial charge is 0.508 e. The van der Waals surface area contributed by atoms with E-state index in [0.29, 0.717) is 17.2 Å². The van der Waals surface area contributed by atoms with Crippen molar-refractivity contribution >= 4 is 23.8 Å². The van der Waals surface area contributed by atoms with Crippen LogP contribution in [0.2, 0.25) is 0 Å². The number of carboxylic acids is 1. The third-order valence-corrected chi connectivity index (χ3v) is 12.7. The topological polar surface area (TPSA) is 217 Å². The summed E-state index contributed by atoms with van der Waals surface area (Å²) in [7, 11) is 2.78. The molecule has 8 aromatic carbocycles. The van der Waals surface area contributed by atoms with Crippen molar-refractivity contribution in [1.29, 1.82) is 0 Å². The van der Waals surface area contributed by atoms with Crippen LogP contribution in [0.15, 0.2) is 146 Å². The van der Waals surface area contributed by atoms with E-state index in [1.807, 2.05) is 166 Å². The van der Waals surface area contributed by atoms with E-state index in [4.69, 9.17) is 34.0 Å². The first-order valence-corrected chi connectivity index (χ1v) is 26.6. The molecule has 0 radical (unpaired) electrons. The quantitative estimate of drug-likeness (QED) is 0.0346. The Morgan fingerprint density at radius 1 is 0.361 bits per heavy atom. The number of esters is 2. The Morgan fingerprint density at radius 3 is 0.819 bits per heavy atom. The molecule has 0 heterocycles. The van der Waals surface area contributed by atoms with E-state index in [2.05, 4.69) is 4.74 Å². The fraction of sp³-hybridized carbons (Fsp3) is 0.235. The zero-order chi connectivity index (χ0) is 60.9. The van der Waals surface area contributed by atoms with Crippen LogP contribution in [0.1, 0.15) is 77.9 Å². The molecule has 8 rings (SSSR count). The molecule has 434 valence electrons. The van der Waals surface area contributed by atoms with Crippen molar-refractivity contribution in [3.05, 3.63) is 223 Å². The van der Waals surface area contributed by atoms with Crippen molar-refractivity contribution < 1.29 is 68.1 Å². The van der Waals surface area contributed by atoms with Crippen LogP contribution in [0.3, 0.4) is 0 Å². The molecule has 0 aliphatic rings. The Balaban J connectivity index is 0.000000203. The first-order chi connectivity index (χ1) is 39.4. The number of nitrogens with one attached hydrogen (secondary N) is 1. The summed E-state index contributed by atoms with van der Waals surface area (Å²) in [5.74, 6) is 4.59. The Bertz CT molecular complexity index is 3130. The minimum Gasteiger partial charge on any atom is -0.508 e. The van der Waals surface area contributed by atoms with Crippen molar-refractivity contribution in [1.82, 2.24) is 5.48 Å². The summed E-state index contributed by atoms with van der Waals surface area (Å²) in [4.78, 5) is 44.7. The molecule has 0 atom stereocenters. The average molecular weight is 1130 g/mol. The molecule has 83 heavy (non-hydrogen) atoms. The van der Waals surface area contributed by atoms with Crippen molar-refractivity contribution in [3.63, 3.8) is 0 Å². The van der Waals surface area contributed by atoms with E-state index in [0.717, 1.165) is 95.5 Å². The van der Waals surface area contributed by atoms with Crippen LogP contribution in [-0.4, -0.2) is 58.6 Å². The Hall–Kier alpha value is -9.60. The van der Waals surface area contributed by atoms with Crippen molar-refractivity contribution in [2.45, 2.75) is 94.9 Å². The number of carbonyl (C=O) groups excluding carboxylic acids is 3. The number of phenols is 2. The van der Waals surface area contributed by atoms with Gasteiger partial charge < -0.3 is 43.7 Å². The molecule has 15 heteroatoms. The smallest absolute Gasteiger partial charge is 0.309 e. The molecule has 15 nitrogen and oxygen atoms in total. The summed E-state index contributed by atoms with van der Waals surface area (Å²) >= 11 is 0. The summed E-state index contributed by atoms with van der Waals surface area (Å²) in [5.41, 5.74) is 15.0. The molecular formula is C68H73NO14. The maximum absolute atomic E-state index is 11.4. The maximum atomic E-state index is 11.4. The molecule has 0 spiro atoms. The number of hydrogen-bond acceptors (Lipinski definition) is 13. The number of methoxy groups -OCH3 is 2. The molecule has 0 saturated carbocycles. The van der Waals surface area contributed by atoms with E-state index >= 15 is 0 Å². The first kappa shape index (κ1) is 64.2. The highest BCUT2D eigenvalue weighted by atomic mass is 16.5. The molecule has 8 aromatic rings. The number of carbonyl (C=O) groups is 4. The van der Waals surface area contributed by atoms with Gasteiger partial charge in [-0.1, -0.05) is 83.9 Å². The van der Waals surface area contributed by atoms with Gasteiger partial charge >= 0.3 is 17.9 Å². The number of amides is 1. The molecule has 0 aromatic heterocycles. The highest BCUT2D eigenvalue weighted by Crippen LogP contribution is 2.35. The molecule has 0 aliphatic carbocycles. The van der Waals surface area contributed by atoms with Gasteiger partial charge in [0.05, 0.1) is 39.9 Å². The standard InChI is InChI=1S/C18H20O3.C17H19NO3.C17H18O4.C16H16O4/c1-12-5-7-16(8-6-12)21-18-13(2)9-15(10-14(18)3)11-17(19)20-4;1-11-4-6-15(7-5-11)21-17-12(2)8-14(9-13(17)3)10-16(19)18-20;1-11-8-13(10-16(19)20-3)9-12(2)17(11)21-15-6-4-14(18)5-7-15;1-10-7-12(9-15(18)19)8-11(2)16(10)20-14-5-3-13(17)4-6-14/h5-10H,11H2,1-4H3;4-9,20H,10H2,1-3H3,(H,18,19);4-9,18H,10H2,1-3H3;3-8,17H,9H2,1-2H3,(H,18,19). The Labute approximate surface area is 485 Å². The Morgan fingerprint density at radius 2 is 0.590 bits per heavy atom. The van der Waals surface area contributed by atoms with Crippen LogP contribution >= 0.6 is 0 Å². The minimum atomic E-state index is -0.851. The van der Waals surface area contributed by atoms with Crippen LogP contribution in [0.5, 0.6) is 57.5 Å². The second-order valence-electron chi connectivity index (χ2n) is 20.0. The number of phenolic OH excluding ortho intramolecular Hbond substituents is 2. The van der Waals surface area contributed by atoms with E-state index in [1.54, 1.807) is 54.0 Å². The number of hydrogen-bond donors (Lipinski definition) is 5. The summed E-state index contributed by atoms with van der Waals surface area (Å²) in [6.45, 7) is 19.6. The van der Waals surface area contributed by atoms with Crippen molar-refractivity contribution in [3.8, 4) is 57.5 Å². The molecule has 0 aliphatic heterocycles. The van der Waals surface area contributed by atoms with Gasteiger partial charge in [-0.2, -0.15) is 0 Å². The van der Waals surface area contributed by atoms with E-state index < -0.39 is 11.9 Å².